The second-order valence-corrected chi connectivity index (χ2v) is 5.40. The van der Waals surface area contributed by atoms with Gasteiger partial charge < -0.3 is 5.73 Å². The van der Waals surface area contributed by atoms with Gasteiger partial charge in [0.05, 0.1) is 10.2 Å². The van der Waals surface area contributed by atoms with Crippen molar-refractivity contribution in [1.29, 1.82) is 0 Å². The van der Waals surface area contributed by atoms with Crippen LogP contribution in [0.3, 0.4) is 0 Å². The van der Waals surface area contributed by atoms with Crippen LogP contribution in [0.2, 0.25) is 0 Å². The molecule has 80 valence electrons. The topological polar surface area (TPSA) is 38.9 Å². The number of rotatable bonds is 1. The monoisotopic (exact) mass is 242 g/mol. The van der Waals surface area contributed by atoms with Gasteiger partial charge in [-0.25, -0.2) is 9.37 Å². The molecule has 2 aromatic rings. The van der Waals surface area contributed by atoms with Crippen molar-refractivity contribution in [2.75, 3.05) is 5.73 Å². The first-order valence-corrected chi connectivity index (χ1v) is 6.04. The lowest BCUT2D eigenvalue weighted by atomic mass is 10.0. The summed E-state index contributed by atoms with van der Waals surface area (Å²) in [5.41, 5.74) is 7.02. The third kappa shape index (κ3) is 1.72. The maximum Gasteiger partial charge on any atom is 0.181 e. The molecular weight excluding hydrogens is 230 g/mol. The average Bonchev–Trinajstić information content (AvgIpc) is 2.45. The Kier molecular flexibility index (Phi) is 2.65. The lowest BCUT2D eigenvalue weighted by Crippen LogP contribution is -2.01. The standard InChI is InChI=1S/C10H12FN2PS/c1-4(2)7-5(11)3-6(14)9-8(7)13-10(12)15-9/h3-4H,14H2,1-2H3,(H2,12,13). The van der Waals surface area contributed by atoms with Gasteiger partial charge in [0.2, 0.25) is 0 Å². The fourth-order valence-electron chi connectivity index (χ4n) is 1.66. The van der Waals surface area contributed by atoms with Crippen LogP contribution in [0.25, 0.3) is 10.2 Å². The number of thiazole rings is 1. The molecule has 0 aliphatic heterocycles. The number of nitrogens with two attached hydrogens (primary N) is 1. The van der Waals surface area contributed by atoms with Gasteiger partial charge in [0.25, 0.3) is 0 Å². The Morgan fingerprint density at radius 1 is 1.53 bits per heavy atom. The van der Waals surface area contributed by atoms with Gasteiger partial charge in [-0.15, -0.1) is 9.24 Å². The van der Waals surface area contributed by atoms with Crippen molar-refractivity contribution >= 4 is 41.2 Å². The van der Waals surface area contributed by atoms with Crippen LogP contribution in [-0.4, -0.2) is 4.98 Å². The summed E-state index contributed by atoms with van der Waals surface area (Å²) in [5, 5.41) is 1.31. The molecule has 2 rings (SSSR count). The van der Waals surface area contributed by atoms with Crippen molar-refractivity contribution in [2.45, 2.75) is 19.8 Å². The number of nitrogen functional groups attached to an aromatic ring is 1. The molecule has 0 saturated carbocycles. The van der Waals surface area contributed by atoms with E-state index < -0.39 is 0 Å². The van der Waals surface area contributed by atoms with Crippen LogP contribution in [0.5, 0.6) is 0 Å². The van der Waals surface area contributed by atoms with Crippen LogP contribution in [0, 0.1) is 5.82 Å². The van der Waals surface area contributed by atoms with Crippen molar-refractivity contribution in [1.82, 2.24) is 4.98 Å². The summed E-state index contributed by atoms with van der Waals surface area (Å²) in [6, 6.07) is 1.53. The number of halogens is 1. The molecule has 0 aliphatic carbocycles. The molecule has 0 amide bonds. The van der Waals surface area contributed by atoms with Gasteiger partial charge in [0, 0.05) is 5.56 Å². The maximum atomic E-state index is 13.8. The molecule has 1 heterocycles. The van der Waals surface area contributed by atoms with Gasteiger partial charge in [-0.1, -0.05) is 25.2 Å². The van der Waals surface area contributed by atoms with E-state index in [-0.39, 0.29) is 11.7 Å². The van der Waals surface area contributed by atoms with E-state index in [1.54, 1.807) is 0 Å². The summed E-state index contributed by atoms with van der Waals surface area (Å²) in [6.07, 6.45) is 0. The van der Waals surface area contributed by atoms with E-state index in [1.807, 2.05) is 13.8 Å². The lowest BCUT2D eigenvalue weighted by molar-refractivity contribution is 0.602. The highest BCUT2D eigenvalue weighted by Gasteiger charge is 2.16. The Hall–Kier alpha value is -0.730. The minimum Gasteiger partial charge on any atom is -0.375 e. The van der Waals surface area contributed by atoms with Gasteiger partial charge in [-0.3, -0.25) is 0 Å². The largest absolute Gasteiger partial charge is 0.375 e. The molecule has 1 atom stereocenters. The number of nitrogens with zero attached hydrogens (tertiary/aromatic N) is 1. The molecule has 2 nitrogen and oxygen atoms in total. The van der Waals surface area contributed by atoms with Gasteiger partial charge in [-0.2, -0.15) is 0 Å². The normalized spacial score (nSPS) is 11.5. The van der Waals surface area contributed by atoms with Gasteiger partial charge in [0.1, 0.15) is 5.82 Å². The molecule has 0 fully saturated rings. The van der Waals surface area contributed by atoms with Crippen molar-refractivity contribution in [3.8, 4) is 0 Å². The molecule has 1 aromatic carbocycles. The van der Waals surface area contributed by atoms with E-state index in [2.05, 4.69) is 14.2 Å². The Balaban J connectivity index is 2.89. The molecule has 5 heteroatoms. The van der Waals surface area contributed by atoms with E-state index in [9.17, 15) is 4.39 Å². The van der Waals surface area contributed by atoms with Crippen LogP contribution >= 0.6 is 20.6 Å². The van der Waals surface area contributed by atoms with Crippen LogP contribution < -0.4 is 11.0 Å². The quantitative estimate of drug-likeness (QED) is 0.781. The average molecular weight is 242 g/mol. The van der Waals surface area contributed by atoms with Crippen LogP contribution in [0.15, 0.2) is 6.07 Å². The van der Waals surface area contributed by atoms with E-state index in [1.165, 1.54) is 17.4 Å². The van der Waals surface area contributed by atoms with Crippen LogP contribution in [0.4, 0.5) is 9.52 Å². The molecule has 0 radical (unpaired) electrons. The zero-order chi connectivity index (χ0) is 11.2. The van der Waals surface area contributed by atoms with Gasteiger partial charge in [0.15, 0.2) is 5.13 Å². The summed E-state index contributed by atoms with van der Waals surface area (Å²) in [5.74, 6) is -0.0904. The molecule has 1 unspecified atom stereocenters. The number of anilines is 1. The van der Waals surface area contributed by atoms with Crippen LogP contribution in [-0.2, 0) is 0 Å². The Bertz CT molecular complexity index is 522. The van der Waals surface area contributed by atoms with Crippen molar-refractivity contribution in [3.63, 3.8) is 0 Å². The van der Waals surface area contributed by atoms with E-state index in [0.717, 1.165) is 10.0 Å². The number of hydrogen-bond acceptors (Lipinski definition) is 3. The predicted molar refractivity (Wildman–Crippen MR) is 67.4 cm³/mol. The van der Waals surface area contributed by atoms with Gasteiger partial charge >= 0.3 is 0 Å². The summed E-state index contributed by atoms with van der Waals surface area (Å²) in [7, 11) is 2.52. The minimum atomic E-state index is -0.201. The Morgan fingerprint density at radius 3 is 2.80 bits per heavy atom. The fraction of sp³-hybridized carbons (Fsp3) is 0.300. The van der Waals surface area contributed by atoms with Crippen molar-refractivity contribution < 1.29 is 4.39 Å². The zero-order valence-corrected chi connectivity index (χ0v) is 10.5. The summed E-state index contributed by atoms with van der Waals surface area (Å²) in [6.45, 7) is 3.91. The summed E-state index contributed by atoms with van der Waals surface area (Å²) < 4.78 is 14.7. The van der Waals surface area contributed by atoms with Gasteiger partial charge in [-0.05, 0) is 17.3 Å². The van der Waals surface area contributed by atoms with Crippen molar-refractivity contribution in [2.24, 2.45) is 0 Å². The highest BCUT2D eigenvalue weighted by molar-refractivity contribution is 7.33. The highest BCUT2D eigenvalue weighted by atomic mass is 32.1. The molecule has 0 bridgehead atoms. The number of hydrogen-bond donors (Lipinski definition) is 1. The lowest BCUT2D eigenvalue weighted by Gasteiger charge is -2.08. The molecule has 0 aliphatic rings. The predicted octanol–water partition coefficient (Wildman–Crippen LogP) is 2.64. The maximum absolute atomic E-state index is 13.8. The molecule has 0 spiro atoms. The van der Waals surface area contributed by atoms with E-state index in [0.29, 0.717) is 16.2 Å². The smallest absolute Gasteiger partial charge is 0.181 e. The first-order valence-electron chi connectivity index (χ1n) is 4.64. The van der Waals surface area contributed by atoms with Crippen molar-refractivity contribution in [3.05, 3.63) is 17.4 Å². The summed E-state index contributed by atoms with van der Waals surface area (Å²) >= 11 is 1.40. The zero-order valence-electron chi connectivity index (χ0n) is 8.54. The minimum absolute atomic E-state index is 0.111. The molecule has 2 N–H and O–H groups in total. The fourth-order valence-corrected chi connectivity index (χ4v) is 2.89. The second kappa shape index (κ2) is 3.69. The summed E-state index contributed by atoms with van der Waals surface area (Å²) in [4.78, 5) is 4.20. The second-order valence-electron chi connectivity index (χ2n) is 3.75. The van der Waals surface area contributed by atoms with E-state index in [4.69, 9.17) is 5.73 Å². The molecular formula is C10H12FN2PS. The number of benzene rings is 1. The number of fused-ring (bicyclic) bond motifs is 1. The third-order valence-corrected chi connectivity index (χ3v) is 3.88. The molecule has 15 heavy (non-hydrogen) atoms. The van der Waals surface area contributed by atoms with Crippen LogP contribution in [0.1, 0.15) is 25.3 Å². The SMILES string of the molecule is CC(C)c1c(F)cc(P)c2sc(N)nc12. The Morgan fingerprint density at radius 2 is 2.20 bits per heavy atom. The molecule has 1 aromatic heterocycles. The third-order valence-electron chi connectivity index (χ3n) is 2.28. The number of aromatic nitrogens is 1. The van der Waals surface area contributed by atoms with E-state index >= 15 is 0 Å². The highest BCUT2D eigenvalue weighted by Crippen LogP contribution is 2.31. The molecule has 0 saturated heterocycles. The first kappa shape index (κ1) is 10.8. The Labute approximate surface area is 93.9 Å². The first-order chi connectivity index (χ1) is 7.00.